The summed E-state index contributed by atoms with van der Waals surface area (Å²) in [7, 11) is -1.49. The molecule has 138 valence electrons. The predicted molar refractivity (Wildman–Crippen MR) is 84.3 cm³/mol. The molecule has 0 bridgehead atoms. The SMILES string of the molecule is CNC(C1(C(=O)OC)C=Cc2ccc(C(F)(F)F)nc2N1)S(C)(=O)=O. The minimum absolute atomic E-state index is 0.272. The fourth-order valence-electron chi connectivity index (χ4n) is 2.65. The number of likely N-dealkylation sites (N-methyl/N-ethyl adjacent to an activating group) is 1. The summed E-state index contributed by atoms with van der Waals surface area (Å²) in [5, 5.41) is 3.52. The summed E-state index contributed by atoms with van der Waals surface area (Å²) in [5.41, 5.74) is -2.87. The summed E-state index contributed by atoms with van der Waals surface area (Å²) in [6.45, 7) is 0. The lowest BCUT2D eigenvalue weighted by Gasteiger charge is -2.38. The Bertz CT molecular complexity index is 823. The van der Waals surface area contributed by atoms with Crippen molar-refractivity contribution in [2.24, 2.45) is 0 Å². The van der Waals surface area contributed by atoms with Gasteiger partial charge in [0.2, 0.25) is 0 Å². The van der Waals surface area contributed by atoms with Crippen LogP contribution in [-0.2, 0) is 25.5 Å². The summed E-state index contributed by atoms with van der Waals surface area (Å²) >= 11 is 0. The minimum atomic E-state index is -4.69. The van der Waals surface area contributed by atoms with Crippen LogP contribution in [0.4, 0.5) is 19.0 Å². The van der Waals surface area contributed by atoms with Crippen LogP contribution in [0.25, 0.3) is 6.08 Å². The zero-order valence-electron chi connectivity index (χ0n) is 13.5. The van der Waals surface area contributed by atoms with Gasteiger partial charge in [-0.05, 0) is 25.3 Å². The van der Waals surface area contributed by atoms with Crippen molar-refractivity contribution >= 4 is 27.7 Å². The third-order valence-corrected chi connectivity index (χ3v) is 5.16. The lowest BCUT2D eigenvalue weighted by molar-refractivity contribution is -0.144. The number of alkyl halides is 3. The fourth-order valence-corrected chi connectivity index (χ4v) is 3.99. The molecule has 1 aliphatic heterocycles. The average molecular weight is 379 g/mol. The predicted octanol–water partition coefficient (Wildman–Crippen LogP) is 1.04. The van der Waals surface area contributed by atoms with Crippen molar-refractivity contribution in [3.05, 3.63) is 29.5 Å². The Morgan fingerprint density at radius 3 is 2.52 bits per heavy atom. The van der Waals surface area contributed by atoms with Crippen LogP contribution in [0.15, 0.2) is 18.2 Å². The van der Waals surface area contributed by atoms with Gasteiger partial charge in [0.25, 0.3) is 0 Å². The maximum atomic E-state index is 12.9. The highest BCUT2D eigenvalue weighted by Gasteiger charge is 2.51. The van der Waals surface area contributed by atoms with Crippen LogP contribution < -0.4 is 10.6 Å². The second-order valence-electron chi connectivity index (χ2n) is 5.45. The molecule has 1 aliphatic rings. The van der Waals surface area contributed by atoms with Gasteiger partial charge in [-0.1, -0.05) is 6.08 Å². The highest BCUT2D eigenvalue weighted by atomic mass is 32.2. The van der Waals surface area contributed by atoms with E-state index in [2.05, 4.69) is 20.4 Å². The maximum Gasteiger partial charge on any atom is 0.433 e. The zero-order valence-corrected chi connectivity index (χ0v) is 14.3. The largest absolute Gasteiger partial charge is 0.467 e. The van der Waals surface area contributed by atoms with E-state index in [9.17, 15) is 26.4 Å². The first-order valence-corrected chi connectivity index (χ1v) is 8.91. The number of halogens is 3. The number of ether oxygens (including phenoxy) is 1. The molecule has 0 radical (unpaired) electrons. The van der Waals surface area contributed by atoms with Gasteiger partial charge in [-0.2, -0.15) is 13.2 Å². The van der Waals surface area contributed by atoms with Crippen molar-refractivity contribution in [3.8, 4) is 0 Å². The molecule has 25 heavy (non-hydrogen) atoms. The number of anilines is 1. The van der Waals surface area contributed by atoms with Crippen molar-refractivity contribution in [1.29, 1.82) is 0 Å². The first kappa shape index (κ1) is 19.2. The van der Waals surface area contributed by atoms with Gasteiger partial charge in [-0.25, -0.2) is 18.2 Å². The number of hydrogen-bond donors (Lipinski definition) is 2. The van der Waals surface area contributed by atoms with Crippen molar-refractivity contribution < 1.29 is 31.1 Å². The van der Waals surface area contributed by atoms with E-state index in [1.165, 1.54) is 25.3 Å². The molecule has 0 fully saturated rings. The number of rotatable bonds is 4. The van der Waals surface area contributed by atoms with Crippen LogP contribution in [0.1, 0.15) is 11.3 Å². The molecule has 7 nitrogen and oxygen atoms in total. The molecule has 0 saturated carbocycles. The number of carbonyl (C=O) groups excluding carboxylic acids is 1. The van der Waals surface area contributed by atoms with Crippen LogP contribution >= 0.6 is 0 Å². The quantitative estimate of drug-likeness (QED) is 0.755. The molecule has 0 saturated heterocycles. The molecule has 0 amide bonds. The Morgan fingerprint density at radius 2 is 2.04 bits per heavy atom. The normalized spacial score (nSPS) is 21.2. The maximum absolute atomic E-state index is 12.9. The lowest BCUT2D eigenvalue weighted by atomic mass is 9.93. The molecule has 0 spiro atoms. The Labute approximate surface area is 142 Å². The molecule has 2 N–H and O–H groups in total. The van der Waals surface area contributed by atoms with Gasteiger partial charge in [0.1, 0.15) is 16.9 Å². The number of fused-ring (bicyclic) bond motifs is 1. The summed E-state index contributed by atoms with van der Waals surface area (Å²) in [6, 6.07) is 1.97. The van der Waals surface area contributed by atoms with Gasteiger partial charge in [-0.3, -0.25) is 0 Å². The molecular formula is C14H16F3N3O4S. The summed E-state index contributed by atoms with van der Waals surface area (Å²) in [5.74, 6) is -1.26. The molecule has 0 aromatic carbocycles. The first-order chi connectivity index (χ1) is 11.5. The number of nitrogens with one attached hydrogen (secondary N) is 2. The summed E-state index contributed by atoms with van der Waals surface area (Å²) < 4.78 is 67.5. The van der Waals surface area contributed by atoms with Crippen LogP contribution in [0.3, 0.4) is 0 Å². The van der Waals surface area contributed by atoms with E-state index in [4.69, 9.17) is 0 Å². The Hall–Kier alpha value is -2.14. The topological polar surface area (TPSA) is 97.4 Å². The van der Waals surface area contributed by atoms with E-state index in [0.29, 0.717) is 0 Å². The highest BCUT2D eigenvalue weighted by molar-refractivity contribution is 7.91. The van der Waals surface area contributed by atoms with Crippen LogP contribution in [0.5, 0.6) is 0 Å². The van der Waals surface area contributed by atoms with Gasteiger partial charge in [0.15, 0.2) is 15.4 Å². The molecule has 1 aromatic rings. The third-order valence-electron chi connectivity index (χ3n) is 3.69. The lowest BCUT2D eigenvalue weighted by Crippen LogP contribution is -2.63. The van der Waals surface area contributed by atoms with E-state index in [0.717, 1.165) is 19.4 Å². The van der Waals surface area contributed by atoms with E-state index in [1.54, 1.807) is 0 Å². The molecule has 0 aliphatic carbocycles. The van der Waals surface area contributed by atoms with E-state index in [1.807, 2.05) is 0 Å². The molecular weight excluding hydrogens is 363 g/mol. The van der Waals surface area contributed by atoms with E-state index >= 15 is 0 Å². The standard InChI is InChI=1S/C14H16F3N3O4S/c1-18-11(25(3,22)23)13(12(21)24-2)7-6-8-4-5-9(14(15,16)17)19-10(8)20-13/h4-7,11,18H,1-3H3,(H,19,20). The Morgan fingerprint density at radius 1 is 1.40 bits per heavy atom. The number of methoxy groups -OCH3 is 1. The summed E-state index contributed by atoms with van der Waals surface area (Å²) in [4.78, 5) is 15.8. The Balaban J connectivity index is 2.63. The number of aromatic nitrogens is 1. The number of esters is 1. The van der Waals surface area contributed by atoms with Gasteiger partial charge in [-0.15, -0.1) is 0 Å². The number of carbonyl (C=O) groups is 1. The molecule has 1 aromatic heterocycles. The van der Waals surface area contributed by atoms with E-state index < -0.39 is 38.6 Å². The summed E-state index contributed by atoms with van der Waals surface area (Å²) in [6.07, 6.45) is -1.24. The zero-order chi connectivity index (χ0) is 19.0. The van der Waals surface area contributed by atoms with Gasteiger partial charge in [0, 0.05) is 11.8 Å². The van der Waals surface area contributed by atoms with Crippen molar-refractivity contribution in [1.82, 2.24) is 10.3 Å². The monoisotopic (exact) mass is 379 g/mol. The fraction of sp³-hybridized carbons (Fsp3) is 0.429. The van der Waals surface area contributed by atoms with Crippen molar-refractivity contribution in [2.45, 2.75) is 17.1 Å². The van der Waals surface area contributed by atoms with Crippen molar-refractivity contribution in [3.63, 3.8) is 0 Å². The van der Waals surface area contributed by atoms with E-state index in [-0.39, 0.29) is 11.4 Å². The Kier molecular flexibility index (Phi) is 4.83. The second kappa shape index (κ2) is 6.30. The minimum Gasteiger partial charge on any atom is -0.467 e. The number of sulfone groups is 1. The van der Waals surface area contributed by atoms with Gasteiger partial charge >= 0.3 is 12.1 Å². The van der Waals surface area contributed by atoms with Crippen LogP contribution in [0, 0.1) is 0 Å². The third kappa shape index (κ3) is 3.47. The molecule has 2 rings (SSSR count). The van der Waals surface area contributed by atoms with Gasteiger partial charge in [0.05, 0.1) is 7.11 Å². The second-order valence-corrected chi connectivity index (χ2v) is 7.58. The average Bonchev–Trinajstić information content (AvgIpc) is 2.51. The number of hydrogen-bond acceptors (Lipinski definition) is 7. The van der Waals surface area contributed by atoms with Crippen molar-refractivity contribution in [2.75, 3.05) is 25.7 Å². The number of pyridine rings is 1. The number of nitrogens with zero attached hydrogens (tertiary/aromatic N) is 1. The van der Waals surface area contributed by atoms with Gasteiger partial charge < -0.3 is 15.4 Å². The smallest absolute Gasteiger partial charge is 0.433 e. The first-order valence-electron chi connectivity index (χ1n) is 6.96. The van der Waals surface area contributed by atoms with Crippen LogP contribution in [0.2, 0.25) is 0 Å². The molecule has 2 heterocycles. The highest BCUT2D eigenvalue weighted by Crippen LogP contribution is 2.35. The van der Waals surface area contributed by atoms with Crippen LogP contribution in [-0.4, -0.2) is 50.7 Å². The molecule has 11 heteroatoms. The molecule has 2 unspecified atom stereocenters. The molecule has 2 atom stereocenters.